The first kappa shape index (κ1) is 25.1. The van der Waals surface area contributed by atoms with Crippen molar-refractivity contribution in [2.45, 2.75) is 31.2 Å². The first-order valence-corrected chi connectivity index (χ1v) is 12.4. The largest absolute Gasteiger partial charge is 0.493 e. The van der Waals surface area contributed by atoms with Crippen LogP contribution in [0.1, 0.15) is 30.5 Å². The third kappa shape index (κ3) is 5.69. The Morgan fingerprint density at radius 3 is 2.18 bits per heavy atom. The number of benzene rings is 3. The smallest absolute Gasteiger partial charge is 0.264 e. The second kappa shape index (κ2) is 11.1. The highest BCUT2D eigenvalue weighted by molar-refractivity contribution is 7.92. The van der Waals surface area contributed by atoms with Gasteiger partial charge in [-0.1, -0.05) is 55.0 Å². The van der Waals surface area contributed by atoms with Crippen molar-refractivity contribution in [2.24, 2.45) is 0 Å². The number of sulfonamides is 1. The van der Waals surface area contributed by atoms with Crippen molar-refractivity contribution >= 4 is 21.6 Å². The van der Waals surface area contributed by atoms with Gasteiger partial charge in [-0.3, -0.25) is 9.10 Å². The summed E-state index contributed by atoms with van der Waals surface area (Å²) in [6.45, 7) is 3.60. The predicted octanol–water partition coefficient (Wildman–Crippen LogP) is 4.48. The molecule has 1 atom stereocenters. The number of anilines is 1. The molecule has 0 aliphatic rings. The zero-order valence-corrected chi connectivity index (χ0v) is 20.6. The Labute approximate surface area is 201 Å². The van der Waals surface area contributed by atoms with Gasteiger partial charge in [0.1, 0.15) is 6.54 Å². The average molecular weight is 483 g/mol. The Hall–Kier alpha value is -3.52. The molecule has 0 spiro atoms. The van der Waals surface area contributed by atoms with Gasteiger partial charge in [-0.15, -0.1) is 0 Å². The minimum atomic E-state index is -4.08. The molecule has 180 valence electrons. The molecule has 3 aromatic rings. The number of para-hydroxylation sites is 1. The van der Waals surface area contributed by atoms with Crippen molar-refractivity contribution in [3.8, 4) is 11.5 Å². The molecule has 0 saturated carbocycles. The maximum atomic E-state index is 13.6. The molecular formula is C26H30N2O5S. The number of carbonyl (C=O) groups excluding carboxylic acids is 1. The zero-order valence-electron chi connectivity index (χ0n) is 19.8. The van der Waals surface area contributed by atoms with Crippen molar-refractivity contribution in [1.82, 2.24) is 5.32 Å². The van der Waals surface area contributed by atoms with E-state index < -0.39 is 15.9 Å². The van der Waals surface area contributed by atoms with Gasteiger partial charge in [0.15, 0.2) is 11.5 Å². The monoisotopic (exact) mass is 482 g/mol. The molecule has 0 aliphatic carbocycles. The van der Waals surface area contributed by atoms with Gasteiger partial charge in [-0.2, -0.15) is 0 Å². The van der Waals surface area contributed by atoms with Crippen molar-refractivity contribution in [2.75, 3.05) is 25.1 Å². The summed E-state index contributed by atoms with van der Waals surface area (Å²) in [6.07, 6.45) is 0.669. The van der Waals surface area contributed by atoms with Crippen LogP contribution in [-0.2, 0) is 14.8 Å². The maximum absolute atomic E-state index is 13.6. The Balaban J connectivity index is 1.92. The lowest BCUT2D eigenvalue weighted by Gasteiger charge is -2.26. The Bertz CT molecular complexity index is 1210. The van der Waals surface area contributed by atoms with Gasteiger partial charge in [0.05, 0.1) is 30.8 Å². The molecule has 0 bridgehead atoms. The number of hydrogen-bond acceptors (Lipinski definition) is 5. The first-order valence-electron chi connectivity index (χ1n) is 11.0. The van der Waals surface area contributed by atoms with E-state index in [1.54, 1.807) is 30.3 Å². The van der Waals surface area contributed by atoms with Gasteiger partial charge >= 0.3 is 0 Å². The van der Waals surface area contributed by atoms with Gasteiger partial charge < -0.3 is 14.8 Å². The van der Waals surface area contributed by atoms with E-state index in [-0.39, 0.29) is 23.2 Å². The summed E-state index contributed by atoms with van der Waals surface area (Å²) in [5, 5.41) is 2.98. The number of aryl methyl sites for hydroxylation is 1. The fraction of sp³-hybridized carbons (Fsp3) is 0.269. The van der Waals surface area contributed by atoms with Gasteiger partial charge in [0, 0.05) is 6.07 Å². The SMILES string of the molecule is CC[C@H](NC(=O)CN(c1ccccc1)S(=O)(=O)c1ccc(OC)c(OC)c1)c1ccc(C)cc1. The fourth-order valence-electron chi connectivity index (χ4n) is 3.60. The van der Waals surface area contributed by atoms with Crippen LogP contribution in [0.15, 0.2) is 77.7 Å². The molecule has 0 fully saturated rings. The summed E-state index contributed by atoms with van der Waals surface area (Å²) >= 11 is 0. The zero-order chi connectivity index (χ0) is 24.7. The van der Waals surface area contributed by atoms with E-state index in [2.05, 4.69) is 5.32 Å². The second-order valence-corrected chi connectivity index (χ2v) is 9.67. The molecule has 0 heterocycles. The lowest BCUT2D eigenvalue weighted by Crippen LogP contribution is -2.42. The Morgan fingerprint density at radius 2 is 1.59 bits per heavy atom. The van der Waals surface area contributed by atoms with E-state index >= 15 is 0 Å². The molecule has 0 aliphatic heterocycles. The van der Waals surface area contributed by atoms with E-state index in [0.29, 0.717) is 17.9 Å². The number of nitrogens with zero attached hydrogens (tertiary/aromatic N) is 1. The number of rotatable bonds is 10. The van der Waals surface area contributed by atoms with Crippen LogP contribution in [0, 0.1) is 6.92 Å². The van der Waals surface area contributed by atoms with Crippen LogP contribution in [0.3, 0.4) is 0 Å². The normalized spacial score (nSPS) is 12.0. The number of methoxy groups -OCH3 is 2. The van der Waals surface area contributed by atoms with E-state index in [9.17, 15) is 13.2 Å². The lowest BCUT2D eigenvalue weighted by molar-refractivity contribution is -0.120. The lowest BCUT2D eigenvalue weighted by atomic mass is 10.0. The van der Waals surface area contributed by atoms with Crippen molar-refractivity contribution in [3.05, 3.63) is 83.9 Å². The molecule has 1 N–H and O–H groups in total. The third-order valence-corrected chi connectivity index (χ3v) is 7.27. The molecule has 8 heteroatoms. The van der Waals surface area contributed by atoms with Crippen LogP contribution in [-0.4, -0.2) is 35.1 Å². The minimum Gasteiger partial charge on any atom is -0.493 e. The molecule has 0 radical (unpaired) electrons. The number of ether oxygens (including phenoxy) is 2. The maximum Gasteiger partial charge on any atom is 0.264 e. The summed E-state index contributed by atoms with van der Waals surface area (Å²) in [5.74, 6) is 0.293. The molecule has 0 unspecified atom stereocenters. The summed E-state index contributed by atoms with van der Waals surface area (Å²) in [5.41, 5.74) is 2.48. The summed E-state index contributed by atoms with van der Waals surface area (Å²) < 4.78 is 38.9. The number of amides is 1. The van der Waals surface area contributed by atoms with E-state index in [4.69, 9.17) is 9.47 Å². The van der Waals surface area contributed by atoms with Crippen LogP contribution in [0.4, 0.5) is 5.69 Å². The van der Waals surface area contributed by atoms with Crippen LogP contribution < -0.4 is 19.1 Å². The van der Waals surface area contributed by atoms with Gasteiger partial charge in [-0.25, -0.2) is 8.42 Å². The predicted molar refractivity (Wildman–Crippen MR) is 133 cm³/mol. The Morgan fingerprint density at radius 1 is 0.941 bits per heavy atom. The standard InChI is InChI=1S/C26H30N2O5S/c1-5-23(20-13-11-19(2)12-14-20)27-26(29)18-28(21-9-7-6-8-10-21)34(30,31)22-15-16-24(32-3)25(17-22)33-4/h6-17,23H,5,18H2,1-4H3,(H,27,29)/t23-/m0/s1. The second-order valence-electron chi connectivity index (χ2n) is 7.80. The van der Waals surface area contributed by atoms with Crippen molar-refractivity contribution in [3.63, 3.8) is 0 Å². The van der Waals surface area contributed by atoms with Crippen LogP contribution >= 0.6 is 0 Å². The minimum absolute atomic E-state index is 0.00706. The van der Waals surface area contributed by atoms with Gasteiger partial charge in [-0.05, 0) is 43.2 Å². The van der Waals surface area contributed by atoms with Crippen LogP contribution in [0.2, 0.25) is 0 Å². The number of carbonyl (C=O) groups is 1. The molecule has 0 saturated heterocycles. The molecule has 0 aromatic heterocycles. The van der Waals surface area contributed by atoms with E-state index in [0.717, 1.165) is 15.4 Å². The number of hydrogen-bond donors (Lipinski definition) is 1. The topological polar surface area (TPSA) is 84.9 Å². The third-order valence-electron chi connectivity index (χ3n) is 5.50. The van der Waals surface area contributed by atoms with E-state index in [1.807, 2.05) is 38.1 Å². The summed E-state index contributed by atoms with van der Waals surface area (Å²) in [4.78, 5) is 13.1. The highest BCUT2D eigenvalue weighted by Crippen LogP contribution is 2.32. The first-order chi connectivity index (χ1) is 16.3. The van der Waals surface area contributed by atoms with Gasteiger partial charge in [0.25, 0.3) is 10.0 Å². The molecule has 1 amide bonds. The molecular weight excluding hydrogens is 452 g/mol. The van der Waals surface area contributed by atoms with Crippen molar-refractivity contribution in [1.29, 1.82) is 0 Å². The molecule has 7 nitrogen and oxygen atoms in total. The van der Waals surface area contributed by atoms with Crippen LogP contribution in [0.25, 0.3) is 0 Å². The van der Waals surface area contributed by atoms with Crippen molar-refractivity contribution < 1.29 is 22.7 Å². The highest BCUT2D eigenvalue weighted by Gasteiger charge is 2.29. The number of nitrogens with one attached hydrogen (secondary N) is 1. The molecule has 3 aromatic carbocycles. The fourth-order valence-corrected chi connectivity index (χ4v) is 5.04. The van der Waals surface area contributed by atoms with E-state index in [1.165, 1.54) is 32.4 Å². The Kier molecular flexibility index (Phi) is 8.17. The van der Waals surface area contributed by atoms with Crippen LogP contribution in [0.5, 0.6) is 11.5 Å². The molecule has 3 rings (SSSR count). The molecule has 34 heavy (non-hydrogen) atoms. The summed E-state index contributed by atoms with van der Waals surface area (Å²) in [7, 11) is -1.17. The quantitative estimate of drug-likeness (QED) is 0.461. The average Bonchev–Trinajstić information content (AvgIpc) is 2.86. The summed E-state index contributed by atoms with van der Waals surface area (Å²) in [6, 6.07) is 20.6. The van der Waals surface area contributed by atoms with Gasteiger partial charge in [0.2, 0.25) is 5.91 Å². The highest BCUT2D eigenvalue weighted by atomic mass is 32.2.